The Bertz CT molecular complexity index is 768. The molecule has 124 valence electrons. The summed E-state index contributed by atoms with van der Waals surface area (Å²) in [7, 11) is 3.43. The summed E-state index contributed by atoms with van der Waals surface area (Å²) in [5.41, 5.74) is 3.62. The first-order valence-electron chi connectivity index (χ1n) is 8.26. The van der Waals surface area contributed by atoms with Crippen LogP contribution in [0.2, 0.25) is 0 Å². The Morgan fingerprint density at radius 2 is 1.88 bits per heavy atom. The summed E-state index contributed by atoms with van der Waals surface area (Å²) in [6.07, 6.45) is 2.92. The predicted octanol–water partition coefficient (Wildman–Crippen LogP) is 3.45. The maximum atomic E-state index is 12.7. The minimum Gasteiger partial charge on any atom is -0.345 e. The van der Waals surface area contributed by atoms with Crippen LogP contribution in [0.1, 0.15) is 40.2 Å². The molecule has 0 spiro atoms. The summed E-state index contributed by atoms with van der Waals surface area (Å²) in [4.78, 5) is 26.3. The van der Waals surface area contributed by atoms with Crippen molar-refractivity contribution in [1.82, 2.24) is 4.90 Å². The molecule has 0 saturated heterocycles. The van der Waals surface area contributed by atoms with E-state index in [1.807, 2.05) is 24.3 Å². The molecule has 0 bridgehead atoms. The topological polar surface area (TPSA) is 49.4 Å². The molecule has 2 aromatic carbocycles. The number of aryl methyl sites for hydroxylation is 1. The van der Waals surface area contributed by atoms with E-state index < -0.39 is 0 Å². The molecule has 3 rings (SSSR count). The zero-order valence-electron chi connectivity index (χ0n) is 14.1. The number of nitrogens with zero attached hydrogens (tertiary/aromatic N) is 1. The molecule has 2 amide bonds. The molecule has 1 unspecified atom stereocenters. The van der Waals surface area contributed by atoms with Gasteiger partial charge < -0.3 is 10.2 Å². The van der Waals surface area contributed by atoms with E-state index in [4.69, 9.17) is 0 Å². The molecule has 24 heavy (non-hydrogen) atoms. The molecule has 1 aliphatic carbocycles. The van der Waals surface area contributed by atoms with Gasteiger partial charge >= 0.3 is 0 Å². The third kappa shape index (κ3) is 3.32. The zero-order chi connectivity index (χ0) is 17.1. The predicted molar refractivity (Wildman–Crippen MR) is 95.2 cm³/mol. The highest BCUT2D eigenvalue weighted by Crippen LogP contribution is 2.32. The SMILES string of the molecule is CN(C)C(=O)c1cccc(NC(=O)C2CCCc3ccccc32)c1. The highest BCUT2D eigenvalue weighted by Gasteiger charge is 2.26. The summed E-state index contributed by atoms with van der Waals surface area (Å²) < 4.78 is 0. The maximum Gasteiger partial charge on any atom is 0.253 e. The van der Waals surface area contributed by atoms with Gasteiger partial charge in [-0.15, -0.1) is 0 Å². The molecule has 0 radical (unpaired) electrons. The van der Waals surface area contributed by atoms with Gasteiger partial charge in [-0.1, -0.05) is 30.3 Å². The van der Waals surface area contributed by atoms with Crippen LogP contribution in [0.15, 0.2) is 48.5 Å². The summed E-state index contributed by atoms with van der Waals surface area (Å²) >= 11 is 0. The van der Waals surface area contributed by atoms with Crippen LogP contribution in [0.4, 0.5) is 5.69 Å². The van der Waals surface area contributed by atoms with Gasteiger partial charge in [-0.05, 0) is 48.6 Å². The van der Waals surface area contributed by atoms with Crippen molar-refractivity contribution >= 4 is 17.5 Å². The standard InChI is InChI=1S/C20H22N2O2/c1-22(2)20(24)15-9-5-10-16(13-15)21-19(23)18-12-6-8-14-7-3-4-11-17(14)18/h3-5,7,9-11,13,18H,6,8,12H2,1-2H3,(H,21,23). The second-order valence-electron chi connectivity index (χ2n) is 6.41. The number of hydrogen-bond acceptors (Lipinski definition) is 2. The van der Waals surface area contributed by atoms with Crippen LogP contribution in [-0.2, 0) is 11.2 Å². The van der Waals surface area contributed by atoms with E-state index >= 15 is 0 Å². The summed E-state index contributed by atoms with van der Waals surface area (Å²) in [5.74, 6) is -0.200. The molecule has 2 aromatic rings. The van der Waals surface area contributed by atoms with Crippen LogP contribution >= 0.6 is 0 Å². The van der Waals surface area contributed by atoms with Gasteiger partial charge in [-0.25, -0.2) is 0 Å². The molecule has 4 nitrogen and oxygen atoms in total. The molecule has 0 aromatic heterocycles. The van der Waals surface area contributed by atoms with Crippen molar-refractivity contribution in [2.24, 2.45) is 0 Å². The molecule has 1 N–H and O–H groups in total. The number of amides is 2. The number of carbonyl (C=O) groups excluding carboxylic acids is 2. The second-order valence-corrected chi connectivity index (χ2v) is 6.41. The van der Waals surface area contributed by atoms with Crippen molar-refractivity contribution in [3.63, 3.8) is 0 Å². The summed E-state index contributed by atoms with van der Waals surface area (Å²) in [6.45, 7) is 0. The van der Waals surface area contributed by atoms with Gasteiger partial charge in [0.25, 0.3) is 5.91 Å². The van der Waals surface area contributed by atoms with E-state index in [9.17, 15) is 9.59 Å². The second kappa shape index (κ2) is 6.87. The minimum absolute atomic E-state index is 0.00315. The molecular weight excluding hydrogens is 300 g/mol. The van der Waals surface area contributed by atoms with Gasteiger partial charge in [-0.3, -0.25) is 9.59 Å². The van der Waals surface area contributed by atoms with Gasteiger partial charge in [0, 0.05) is 25.3 Å². The van der Waals surface area contributed by atoms with E-state index in [0.717, 1.165) is 24.8 Å². The normalized spacial score (nSPS) is 16.2. The number of rotatable bonds is 3. The number of benzene rings is 2. The largest absolute Gasteiger partial charge is 0.345 e. The van der Waals surface area contributed by atoms with E-state index in [2.05, 4.69) is 11.4 Å². The smallest absolute Gasteiger partial charge is 0.253 e. The first kappa shape index (κ1) is 16.2. The van der Waals surface area contributed by atoms with E-state index in [1.165, 1.54) is 10.5 Å². The van der Waals surface area contributed by atoms with Gasteiger partial charge in [0.05, 0.1) is 5.92 Å². The Hall–Kier alpha value is -2.62. The fourth-order valence-electron chi connectivity index (χ4n) is 3.24. The van der Waals surface area contributed by atoms with Gasteiger partial charge in [0.2, 0.25) is 5.91 Å². The third-order valence-electron chi connectivity index (χ3n) is 4.47. The summed E-state index contributed by atoms with van der Waals surface area (Å²) in [6, 6.07) is 15.3. The first-order chi connectivity index (χ1) is 11.6. The van der Waals surface area contributed by atoms with Crippen LogP contribution in [0.5, 0.6) is 0 Å². The van der Waals surface area contributed by atoms with Crippen LogP contribution < -0.4 is 5.32 Å². The molecule has 0 fully saturated rings. The van der Waals surface area contributed by atoms with Crippen molar-refractivity contribution in [2.45, 2.75) is 25.2 Å². The molecule has 0 aliphatic heterocycles. The van der Waals surface area contributed by atoms with Crippen LogP contribution in [0.3, 0.4) is 0 Å². The van der Waals surface area contributed by atoms with Gasteiger partial charge in [0.1, 0.15) is 0 Å². The third-order valence-corrected chi connectivity index (χ3v) is 4.47. The zero-order valence-corrected chi connectivity index (χ0v) is 14.1. The van der Waals surface area contributed by atoms with Crippen LogP contribution in [0.25, 0.3) is 0 Å². The lowest BCUT2D eigenvalue weighted by molar-refractivity contribution is -0.117. The first-order valence-corrected chi connectivity index (χ1v) is 8.26. The lowest BCUT2D eigenvalue weighted by atomic mass is 9.82. The molecular formula is C20H22N2O2. The molecule has 4 heteroatoms. The molecule has 1 aliphatic rings. The van der Waals surface area contributed by atoms with Gasteiger partial charge in [-0.2, -0.15) is 0 Å². The number of carbonyl (C=O) groups is 2. The van der Waals surface area contributed by atoms with E-state index in [1.54, 1.807) is 32.3 Å². The Labute approximate surface area is 142 Å². The quantitative estimate of drug-likeness (QED) is 0.941. The average molecular weight is 322 g/mol. The highest BCUT2D eigenvalue weighted by molar-refractivity contribution is 5.99. The molecule has 1 atom stereocenters. The van der Waals surface area contributed by atoms with E-state index in [0.29, 0.717) is 11.3 Å². The summed E-state index contributed by atoms with van der Waals surface area (Å²) in [5, 5.41) is 2.98. The van der Waals surface area contributed by atoms with Crippen LogP contribution in [0, 0.1) is 0 Å². The Kier molecular flexibility index (Phi) is 4.65. The number of fused-ring (bicyclic) bond motifs is 1. The van der Waals surface area contributed by atoms with E-state index in [-0.39, 0.29) is 17.7 Å². The fourth-order valence-corrected chi connectivity index (χ4v) is 3.24. The Morgan fingerprint density at radius 1 is 1.08 bits per heavy atom. The van der Waals surface area contributed by atoms with Crippen molar-refractivity contribution in [2.75, 3.05) is 19.4 Å². The number of hydrogen-bond donors (Lipinski definition) is 1. The maximum absolute atomic E-state index is 12.7. The Morgan fingerprint density at radius 3 is 2.67 bits per heavy atom. The van der Waals surface area contributed by atoms with Crippen molar-refractivity contribution < 1.29 is 9.59 Å². The lowest BCUT2D eigenvalue weighted by Gasteiger charge is -2.24. The van der Waals surface area contributed by atoms with Crippen molar-refractivity contribution in [1.29, 1.82) is 0 Å². The highest BCUT2D eigenvalue weighted by atomic mass is 16.2. The fraction of sp³-hybridized carbons (Fsp3) is 0.300. The number of anilines is 1. The monoisotopic (exact) mass is 322 g/mol. The van der Waals surface area contributed by atoms with Crippen LogP contribution in [-0.4, -0.2) is 30.8 Å². The Balaban J connectivity index is 1.79. The number of nitrogens with one attached hydrogen (secondary N) is 1. The lowest BCUT2D eigenvalue weighted by Crippen LogP contribution is -2.25. The van der Waals surface area contributed by atoms with Crippen molar-refractivity contribution in [3.05, 3.63) is 65.2 Å². The van der Waals surface area contributed by atoms with Crippen molar-refractivity contribution in [3.8, 4) is 0 Å². The molecule has 0 saturated carbocycles. The average Bonchev–Trinajstić information content (AvgIpc) is 2.60. The van der Waals surface area contributed by atoms with Gasteiger partial charge in [0.15, 0.2) is 0 Å². The molecule has 0 heterocycles. The minimum atomic E-state index is -0.122.